The molecule has 0 atom stereocenters. The Morgan fingerprint density at radius 3 is 2.93 bits per heavy atom. The van der Waals surface area contributed by atoms with Gasteiger partial charge in [-0.15, -0.1) is 0 Å². The van der Waals surface area contributed by atoms with Gasteiger partial charge in [-0.05, 0) is 36.6 Å². The van der Waals surface area contributed by atoms with E-state index in [0.29, 0.717) is 19.7 Å². The molecule has 3 N–H and O–H groups in total. The van der Waals surface area contributed by atoms with Crippen LogP contribution in [0, 0.1) is 0 Å². The first-order chi connectivity index (χ1) is 14.3. The van der Waals surface area contributed by atoms with E-state index in [2.05, 4.69) is 37.6 Å². The summed E-state index contributed by atoms with van der Waals surface area (Å²) in [5.41, 5.74) is 3.94. The van der Waals surface area contributed by atoms with Gasteiger partial charge in [-0.3, -0.25) is 0 Å². The Balaban J connectivity index is 1.31. The number of amides is 2. The highest BCUT2D eigenvalue weighted by Crippen LogP contribution is 2.34. The van der Waals surface area contributed by atoms with E-state index < -0.39 is 0 Å². The Kier molecular flexibility index (Phi) is 5.95. The van der Waals surface area contributed by atoms with Crippen LogP contribution in [-0.4, -0.2) is 35.7 Å². The molecule has 3 aromatic rings. The van der Waals surface area contributed by atoms with Crippen LogP contribution in [0.2, 0.25) is 0 Å². The number of hydrogen-bond donors (Lipinski definition) is 3. The van der Waals surface area contributed by atoms with Gasteiger partial charge in [0.05, 0.1) is 30.8 Å². The molecule has 0 unspecified atom stereocenters. The van der Waals surface area contributed by atoms with Crippen molar-refractivity contribution in [3.8, 4) is 5.75 Å². The average Bonchev–Trinajstić information content (AvgIpc) is 3.26. The molecule has 0 fully saturated rings. The quantitative estimate of drug-likeness (QED) is 0.538. The first-order valence-corrected chi connectivity index (χ1v) is 9.86. The van der Waals surface area contributed by atoms with Gasteiger partial charge in [-0.2, -0.15) is 0 Å². The molecule has 2 aromatic carbocycles. The molecule has 0 saturated heterocycles. The normalized spacial score (nSPS) is 12.8. The van der Waals surface area contributed by atoms with Crippen molar-refractivity contribution in [1.29, 1.82) is 0 Å². The summed E-state index contributed by atoms with van der Waals surface area (Å²) in [6, 6.07) is 15.8. The van der Waals surface area contributed by atoms with Crippen LogP contribution in [0.4, 0.5) is 16.2 Å². The van der Waals surface area contributed by atoms with E-state index in [-0.39, 0.29) is 6.03 Å². The third-order valence-electron chi connectivity index (χ3n) is 4.85. The number of H-pyrrole nitrogens is 1. The van der Waals surface area contributed by atoms with E-state index in [0.717, 1.165) is 42.2 Å². The first-order valence-electron chi connectivity index (χ1n) is 9.86. The summed E-state index contributed by atoms with van der Waals surface area (Å²) in [6.07, 6.45) is 5.41. The predicted octanol–water partition coefficient (Wildman–Crippen LogP) is 3.56. The molecule has 0 aliphatic carbocycles. The molecule has 7 heteroatoms. The lowest BCUT2D eigenvalue weighted by atomic mass is 10.1. The molecule has 1 aliphatic rings. The molecule has 2 heterocycles. The molecule has 0 saturated carbocycles. The number of carbonyl (C=O) groups excluding carboxylic acids is 1. The zero-order valence-corrected chi connectivity index (χ0v) is 16.2. The number of rotatable bonds is 7. The largest absolute Gasteiger partial charge is 0.490 e. The minimum absolute atomic E-state index is 0.200. The summed E-state index contributed by atoms with van der Waals surface area (Å²) in [5.74, 6) is 0.820. The number of imidazole rings is 1. The summed E-state index contributed by atoms with van der Waals surface area (Å²) in [5, 5.41) is 5.84. The van der Waals surface area contributed by atoms with Crippen molar-refractivity contribution in [2.45, 2.75) is 19.4 Å². The van der Waals surface area contributed by atoms with Crippen LogP contribution in [-0.2, 0) is 13.0 Å². The number of anilines is 2. The average molecular weight is 391 g/mol. The van der Waals surface area contributed by atoms with Crippen LogP contribution >= 0.6 is 0 Å². The monoisotopic (exact) mass is 391 g/mol. The van der Waals surface area contributed by atoms with Gasteiger partial charge in [-0.25, -0.2) is 9.78 Å². The summed E-state index contributed by atoms with van der Waals surface area (Å²) in [4.78, 5) is 21.7. The van der Waals surface area contributed by atoms with Gasteiger partial charge in [-0.1, -0.05) is 30.3 Å². The first kappa shape index (κ1) is 18.9. The van der Waals surface area contributed by atoms with Crippen LogP contribution in [0.1, 0.15) is 17.7 Å². The molecular weight excluding hydrogens is 366 g/mol. The van der Waals surface area contributed by atoms with Gasteiger partial charge < -0.3 is 25.3 Å². The van der Waals surface area contributed by atoms with Crippen molar-refractivity contribution in [2.24, 2.45) is 0 Å². The van der Waals surface area contributed by atoms with E-state index in [1.54, 1.807) is 6.33 Å². The lowest BCUT2D eigenvalue weighted by Gasteiger charge is -2.31. The van der Waals surface area contributed by atoms with Gasteiger partial charge in [0, 0.05) is 18.4 Å². The molecular formula is C22H25N5O2. The maximum absolute atomic E-state index is 12.2. The summed E-state index contributed by atoms with van der Waals surface area (Å²) in [6.45, 7) is 2.72. The van der Waals surface area contributed by atoms with Gasteiger partial charge in [0.25, 0.3) is 0 Å². The minimum Gasteiger partial charge on any atom is -0.490 e. The zero-order chi connectivity index (χ0) is 19.9. The second-order valence-electron chi connectivity index (χ2n) is 6.98. The van der Waals surface area contributed by atoms with Gasteiger partial charge in [0.2, 0.25) is 0 Å². The molecule has 7 nitrogen and oxygen atoms in total. The summed E-state index contributed by atoms with van der Waals surface area (Å²) in [7, 11) is 0. The topological polar surface area (TPSA) is 82.3 Å². The molecule has 2 amide bonds. The number of aryl methyl sites for hydroxylation is 1. The number of benzene rings is 2. The number of aromatic nitrogens is 2. The van der Waals surface area contributed by atoms with Crippen molar-refractivity contribution in [3.63, 3.8) is 0 Å². The number of nitrogens with zero attached hydrogens (tertiary/aromatic N) is 2. The Morgan fingerprint density at radius 2 is 2.10 bits per heavy atom. The van der Waals surface area contributed by atoms with Crippen molar-refractivity contribution in [3.05, 3.63) is 72.3 Å². The predicted molar refractivity (Wildman–Crippen MR) is 113 cm³/mol. The van der Waals surface area contributed by atoms with Gasteiger partial charge in [0.15, 0.2) is 0 Å². The van der Waals surface area contributed by atoms with Gasteiger partial charge >= 0.3 is 6.03 Å². The molecule has 0 radical (unpaired) electrons. The number of urea groups is 1. The van der Waals surface area contributed by atoms with Crippen molar-refractivity contribution in [2.75, 3.05) is 29.9 Å². The molecule has 1 aliphatic heterocycles. The minimum atomic E-state index is -0.200. The van der Waals surface area contributed by atoms with Crippen LogP contribution in [0.25, 0.3) is 0 Å². The second-order valence-corrected chi connectivity index (χ2v) is 6.98. The van der Waals surface area contributed by atoms with Crippen LogP contribution < -0.4 is 20.3 Å². The third-order valence-corrected chi connectivity index (χ3v) is 4.85. The van der Waals surface area contributed by atoms with Crippen LogP contribution in [0.3, 0.4) is 0 Å². The summed E-state index contributed by atoms with van der Waals surface area (Å²) >= 11 is 0. The molecule has 4 rings (SSSR count). The third kappa shape index (κ3) is 5.07. The van der Waals surface area contributed by atoms with Crippen molar-refractivity contribution >= 4 is 17.4 Å². The Morgan fingerprint density at radius 1 is 1.21 bits per heavy atom. The standard InChI is InChI=1S/C22H25N5O2/c28-22(24-10-4-7-17-5-2-1-3-6-17)26-18-8-9-21-20(13-18)27(11-12-29-21)15-19-14-23-16-25-19/h1-3,5-6,8-9,13-14,16H,4,7,10-12,15H2,(H,23,25)(H2,24,26,28). The fourth-order valence-electron chi connectivity index (χ4n) is 3.40. The highest BCUT2D eigenvalue weighted by molar-refractivity contribution is 5.90. The zero-order valence-electron chi connectivity index (χ0n) is 16.2. The number of ether oxygens (including phenoxy) is 1. The van der Waals surface area contributed by atoms with Crippen LogP contribution in [0.5, 0.6) is 5.75 Å². The maximum Gasteiger partial charge on any atom is 0.319 e. The van der Waals surface area contributed by atoms with Crippen molar-refractivity contribution < 1.29 is 9.53 Å². The molecule has 0 bridgehead atoms. The lowest BCUT2D eigenvalue weighted by molar-refractivity contribution is 0.252. The fourth-order valence-corrected chi connectivity index (χ4v) is 3.40. The lowest BCUT2D eigenvalue weighted by Crippen LogP contribution is -2.33. The van der Waals surface area contributed by atoms with Gasteiger partial charge in [0.1, 0.15) is 12.4 Å². The molecule has 0 spiro atoms. The molecule has 150 valence electrons. The van der Waals surface area contributed by atoms with E-state index in [1.165, 1.54) is 5.56 Å². The Bertz CT molecular complexity index is 928. The fraction of sp³-hybridized carbons (Fsp3) is 0.273. The highest BCUT2D eigenvalue weighted by Gasteiger charge is 2.19. The Labute approximate surface area is 170 Å². The Hall–Kier alpha value is -3.48. The molecule has 1 aromatic heterocycles. The smallest absolute Gasteiger partial charge is 0.319 e. The van der Waals surface area contributed by atoms with E-state index in [9.17, 15) is 4.79 Å². The second kappa shape index (κ2) is 9.14. The van der Waals surface area contributed by atoms with E-state index in [4.69, 9.17) is 4.74 Å². The van der Waals surface area contributed by atoms with Crippen LogP contribution in [0.15, 0.2) is 61.1 Å². The molecule has 29 heavy (non-hydrogen) atoms. The summed E-state index contributed by atoms with van der Waals surface area (Å²) < 4.78 is 5.76. The van der Waals surface area contributed by atoms with Crippen molar-refractivity contribution in [1.82, 2.24) is 15.3 Å². The number of nitrogens with one attached hydrogen (secondary N) is 3. The number of hydrogen-bond acceptors (Lipinski definition) is 4. The number of aromatic amines is 1. The number of fused-ring (bicyclic) bond motifs is 1. The highest BCUT2D eigenvalue weighted by atomic mass is 16.5. The number of carbonyl (C=O) groups is 1. The van der Waals surface area contributed by atoms with E-state index in [1.807, 2.05) is 42.6 Å². The maximum atomic E-state index is 12.2. The SMILES string of the molecule is O=C(NCCCc1ccccc1)Nc1ccc2c(c1)N(Cc1c[nH]cn1)CCO2. The van der Waals surface area contributed by atoms with E-state index >= 15 is 0 Å².